The third-order valence-electron chi connectivity index (χ3n) is 6.15. The molecule has 0 radical (unpaired) electrons. The predicted molar refractivity (Wildman–Crippen MR) is 119 cm³/mol. The van der Waals surface area contributed by atoms with Crippen molar-refractivity contribution in [2.24, 2.45) is 4.99 Å². The molecule has 3 atom stereocenters. The zero-order valence-corrected chi connectivity index (χ0v) is 18.8. The molecule has 1 heterocycles. The number of ether oxygens (including phenoxy) is 3. The number of carbonyl (C=O) groups excluding carboxylic acids is 1. The van der Waals surface area contributed by atoms with E-state index in [1.54, 1.807) is 24.3 Å². The van der Waals surface area contributed by atoms with Gasteiger partial charge in [-0.25, -0.2) is 13.6 Å². The average molecular weight is 473 g/mol. The molecule has 1 saturated carbocycles. The van der Waals surface area contributed by atoms with Gasteiger partial charge in [0, 0.05) is 24.0 Å². The Bertz CT molecular complexity index is 1120. The minimum atomic E-state index is -2.64. The number of carbonyl (C=O) groups is 2. The molecule has 2 aromatic carbocycles. The fourth-order valence-electron chi connectivity index (χ4n) is 4.70. The fourth-order valence-corrected chi connectivity index (χ4v) is 4.70. The maximum absolute atomic E-state index is 12.8. The van der Waals surface area contributed by atoms with E-state index in [0.29, 0.717) is 30.7 Å². The third kappa shape index (κ3) is 4.88. The van der Waals surface area contributed by atoms with E-state index < -0.39 is 19.0 Å². The lowest BCUT2D eigenvalue weighted by atomic mass is 9.74. The standard InChI is InChI=1S/C25H25F2NO6/c1-13(29)34-16-7-8-20-18(9-16)17-10-22(33-12-23(26)27)21(32-2)11-19(17)24(28-20)14-3-5-15(6-4-14)25(30)31/h3-6,10-11,16,18,20,23H,7-9,12H2,1-2H3,(H,30,31). The molecule has 2 aromatic rings. The Morgan fingerprint density at radius 2 is 1.88 bits per heavy atom. The van der Waals surface area contributed by atoms with Crippen LogP contribution in [-0.2, 0) is 9.53 Å². The number of nitrogens with zero attached hydrogens (tertiary/aromatic N) is 1. The summed E-state index contributed by atoms with van der Waals surface area (Å²) in [6.45, 7) is 0.607. The Labute approximate surface area is 195 Å². The Balaban J connectivity index is 1.79. The number of alkyl halides is 2. The molecule has 34 heavy (non-hydrogen) atoms. The fraction of sp³-hybridized carbons (Fsp3) is 0.400. The molecule has 180 valence electrons. The molecule has 1 N–H and O–H groups in total. The van der Waals surface area contributed by atoms with E-state index in [4.69, 9.17) is 19.2 Å². The maximum Gasteiger partial charge on any atom is 0.335 e. The van der Waals surface area contributed by atoms with Crippen molar-refractivity contribution in [1.29, 1.82) is 0 Å². The minimum absolute atomic E-state index is 0.102. The van der Waals surface area contributed by atoms with Crippen LogP contribution in [0.2, 0.25) is 0 Å². The normalized spacial score (nSPS) is 21.2. The summed E-state index contributed by atoms with van der Waals surface area (Å²) in [5, 5.41) is 9.22. The predicted octanol–water partition coefficient (Wildman–Crippen LogP) is 4.46. The number of aromatic carboxylic acids is 1. The van der Waals surface area contributed by atoms with Gasteiger partial charge in [-0.15, -0.1) is 0 Å². The van der Waals surface area contributed by atoms with Crippen LogP contribution >= 0.6 is 0 Å². The van der Waals surface area contributed by atoms with Gasteiger partial charge in [-0.05, 0) is 49.1 Å². The molecular weight excluding hydrogens is 448 g/mol. The first-order valence-electron chi connectivity index (χ1n) is 11.0. The van der Waals surface area contributed by atoms with Gasteiger partial charge in [-0.1, -0.05) is 12.1 Å². The SMILES string of the molecule is COc1cc2c(cc1OCC(F)F)C1CC(OC(C)=O)CCC1N=C2c1ccc(C(=O)O)cc1. The van der Waals surface area contributed by atoms with Gasteiger partial charge in [0.15, 0.2) is 11.5 Å². The highest BCUT2D eigenvalue weighted by atomic mass is 19.3. The van der Waals surface area contributed by atoms with Gasteiger partial charge < -0.3 is 19.3 Å². The average Bonchev–Trinajstić information content (AvgIpc) is 2.81. The number of halogens is 2. The van der Waals surface area contributed by atoms with Crippen molar-refractivity contribution in [2.45, 2.75) is 50.7 Å². The topological polar surface area (TPSA) is 94.4 Å². The second kappa shape index (κ2) is 9.79. The first-order chi connectivity index (χ1) is 16.3. The van der Waals surface area contributed by atoms with Crippen molar-refractivity contribution in [3.8, 4) is 11.5 Å². The molecule has 0 bridgehead atoms. The maximum atomic E-state index is 12.8. The number of rotatable bonds is 7. The van der Waals surface area contributed by atoms with Crippen LogP contribution in [0.15, 0.2) is 41.4 Å². The van der Waals surface area contributed by atoms with Crippen molar-refractivity contribution < 1.29 is 37.7 Å². The molecule has 1 aliphatic carbocycles. The van der Waals surface area contributed by atoms with E-state index in [1.165, 1.54) is 26.2 Å². The lowest BCUT2D eigenvalue weighted by Crippen LogP contribution is -2.36. The first-order valence-corrected chi connectivity index (χ1v) is 11.0. The zero-order chi connectivity index (χ0) is 24.4. The summed E-state index contributed by atoms with van der Waals surface area (Å²) in [6.07, 6.45) is -1.01. The Kier molecular flexibility index (Phi) is 6.81. The summed E-state index contributed by atoms with van der Waals surface area (Å²) in [5.41, 5.74) is 3.15. The summed E-state index contributed by atoms with van der Waals surface area (Å²) in [6, 6.07) is 9.75. The summed E-state index contributed by atoms with van der Waals surface area (Å²) in [4.78, 5) is 27.8. The molecule has 0 saturated heterocycles. The van der Waals surface area contributed by atoms with Crippen LogP contribution in [-0.4, -0.2) is 55.0 Å². The molecule has 1 fully saturated rings. The van der Waals surface area contributed by atoms with Gasteiger partial charge in [-0.3, -0.25) is 9.79 Å². The van der Waals surface area contributed by atoms with Crippen LogP contribution < -0.4 is 9.47 Å². The third-order valence-corrected chi connectivity index (χ3v) is 6.15. The molecule has 3 unspecified atom stereocenters. The van der Waals surface area contributed by atoms with Crippen molar-refractivity contribution in [3.63, 3.8) is 0 Å². The number of benzene rings is 2. The molecule has 0 amide bonds. The molecule has 0 spiro atoms. The monoisotopic (exact) mass is 473 g/mol. The largest absolute Gasteiger partial charge is 0.493 e. The van der Waals surface area contributed by atoms with Crippen LogP contribution in [0.25, 0.3) is 0 Å². The Morgan fingerprint density at radius 3 is 2.50 bits per heavy atom. The number of carboxylic acid groups (broad SMARTS) is 1. The van der Waals surface area contributed by atoms with Crippen LogP contribution in [0.1, 0.15) is 59.2 Å². The van der Waals surface area contributed by atoms with Crippen LogP contribution in [0.4, 0.5) is 8.78 Å². The van der Waals surface area contributed by atoms with Crippen LogP contribution in [0, 0.1) is 0 Å². The van der Waals surface area contributed by atoms with Gasteiger partial charge in [0.2, 0.25) is 0 Å². The van der Waals surface area contributed by atoms with E-state index in [0.717, 1.165) is 16.7 Å². The Morgan fingerprint density at radius 1 is 1.15 bits per heavy atom. The first kappa shape index (κ1) is 23.7. The van der Waals surface area contributed by atoms with Gasteiger partial charge >= 0.3 is 11.9 Å². The summed E-state index contributed by atoms with van der Waals surface area (Å²) in [5.74, 6) is -0.978. The van der Waals surface area contributed by atoms with E-state index in [2.05, 4.69) is 0 Å². The van der Waals surface area contributed by atoms with E-state index in [9.17, 15) is 23.5 Å². The lowest BCUT2D eigenvalue weighted by Gasteiger charge is -2.38. The van der Waals surface area contributed by atoms with Crippen molar-refractivity contribution in [3.05, 3.63) is 58.7 Å². The number of hydrogen-bond acceptors (Lipinski definition) is 6. The number of methoxy groups -OCH3 is 1. The highest BCUT2D eigenvalue weighted by molar-refractivity contribution is 6.15. The second-order valence-electron chi connectivity index (χ2n) is 8.37. The number of fused-ring (bicyclic) bond motifs is 3. The molecule has 1 aliphatic heterocycles. The van der Waals surface area contributed by atoms with Crippen molar-refractivity contribution in [2.75, 3.05) is 13.7 Å². The number of aliphatic imine (C=N–C) groups is 1. The highest BCUT2D eigenvalue weighted by Gasteiger charge is 2.38. The van der Waals surface area contributed by atoms with E-state index in [1.807, 2.05) is 0 Å². The zero-order valence-electron chi connectivity index (χ0n) is 18.8. The van der Waals surface area contributed by atoms with Crippen LogP contribution in [0.3, 0.4) is 0 Å². The lowest BCUT2D eigenvalue weighted by molar-refractivity contribution is -0.148. The smallest absolute Gasteiger partial charge is 0.335 e. The number of esters is 1. The van der Waals surface area contributed by atoms with Gasteiger partial charge in [0.1, 0.15) is 12.7 Å². The van der Waals surface area contributed by atoms with E-state index >= 15 is 0 Å². The van der Waals surface area contributed by atoms with Crippen LogP contribution in [0.5, 0.6) is 11.5 Å². The molecular formula is C25H25F2NO6. The summed E-state index contributed by atoms with van der Waals surface area (Å²) >= 11 is 0. The summed E-state index contributed by atoms with van der Waals surface area (Å²) in [7, 11) is 1.43. The summed E-state index contributed by atoms with van der Waals surface area (Å²) < 4.78 is 41.9. The highest BCUT2D eigenvalue weighted by Crippen LogP contribution is 2.45. The molecule has 0 aromatic heterocycles. The second-order valence-corrected chi connectivity index (χ2v) is 8.37. The minimum Gasteiger partial charge on any atom is -0.493 e. The van der Waals surface area contributed by atoms with Gasteiger partial charge in [0.05, 0.1) is 24.4 Å². The molecule has 9 heteroatoms. The number of carboxylic acids is 1. The number of hydrogen-bond donors (Lipinski definition) is 1. The van der Waals surface area contributed by atoms with E-state index in [-0.39, 0.29) is 35.3 Å². The molecule has 2 aliphatic rings. The molecule has 4 rings (SSSR count). The van der Waals surface area contributed by atoms with Gasteiger partial charge in [-0.2, -0.15) is 0 Å². The van der Waals surface area contributed by atoms with Gasteiger partial charge in [0.25, 0.3) is 6.43 Å². The molecule has 7 nitrogen and oxygen atoms in total. The van der Waals surface area contributed by atoms with Crippen molar-refractivity contribution in [1.82, 2.24) is 0 Å². The Hall–Kier alpha value is -3.49. The van der Waals surface area contributed by atoms with Crippen molar-refractivity contribution >= 4 is 17.7 Å². The quantitative estimate of drug-likeness (QED) is 0.597.